The van der Waals surface area contributed by atoms with E-state index in [1.54, 1.807) is 49.6 Å². The van der Waals surface area contributed by atoms with Gasteiger partial charge in [-0.1, -0.05) is 24.3 Å². The fourth-order valence-corrected chi connectivity index (χ4v) is 2.78. The fourth-order valence-electron chi connectivity index (χ4n) is 2.78. The molecular weight excluding hydrogens is 356 g/mol. The van der Waals surface area contributed by atoms with Crippen LogP contribution in [0.15, 0.2) is 60.7 Å². The molecule has 0 bridgehead atoms. The van der Waals surface area contributed by atoms with Gasteiger partial charge >= 0.3 is 5.97 Å². The maximum Gasteiger partial charge on any atom is 0.339 e. The SMILES string of the molecule is COc1ccc(C(=O)O[C@@H](C)C(=O)Nc2ccc(C#N)cc2)c2ccccc12. The van der Waals surface area contributed by atoms with Gasteiger partial charge in [-0.05, 0) is 48.7 Å². The van der Waals surface area contributed by atoms with Crippen LogP contribution >= 0.6 is 0 Å². The number of rotatable bonds is 5. The van der Waals surface area contributed by atoms with Crippen LogP contribution in [0.2, 0.25) is 0 Å². The molecule has 0 aliphatic carbocycles. The van der Waals surface area contributed by atoms with Gasteiger partial charge in [-0.15, -0.1) is 0 Å². The van der Waals surface area contributed by atoms with Gasteiger partial charge in [0.15, 0.2) is 6.10 Å². The first-order valence-electron chi connectivity index (χ1n) is 8.61. The summed E-state index contributed by atoms with van der Waals surface area (Å²) >= 11 is 0. The number of fused-ring (bicyclic) bond motifs is 1. The predicted molar refractivity (Wildman–Crippen MR) is 105 cm³/mol. The van der Waals surface area contributed by atoms with E-state index in [4.69, 9.17) is 14.7 Å². The van der Waals surface area contributed by atoms with E-state index >= 15 is 0 Å². The highest BCUT2D eigenvalue weighted by Gasteiger charge is 2.21. The number of carbonyl (C=O) groups excluding carboxylic acids is 2. The van der Waals surface area contributed by atoms with Gasteiger partial charge in [0.1, 0.15) is 5.75 Å². The van der Waals surface area contributed by atoms with Crippen molar-refractivity contribution < 1.29 is 19.1 Å². The number of esters is 1. The van der Waals surface area contributed by atoms with Crippen LogP contribution in [0.25, 0.3) is 10.8 Å². The number of anilines is 1. The Hall–Kier alpha value is -3.85. The van der Waals surface area contributed by atoms with Crippen LogP contribution in [0.1, 0.15) is 22.8 Å². The zero-order chi connectivity index (χ0) is 20.1. The summed E-state index contributed by atoms with van der Waals surface area (Å²) in [5.74, 6) is -0.407. The van der Waals surface area contributed by atoms with Crippen molar-refractivity contribution in [1.29, 1.82) is 5.26 Å². The highest BCUT2D eigenvalue weighted by Crippen LogP contribution is 2.29. The third kappa shape index (κ3) is 3.94. The van der Waals surface area contributed by atoms with Gasteiger partial charge in [-0.25, -0.2) is 4.79 Å². The maximum absolute atomic E-state index is 12.6. The molecule has 0 spiro atoms. The van der Waals surface area contributed by atoms with Crippen molar-refractivity contribution in [3.05, 3.63) is 71.8 Å². The van der Waals surface area contributed by atoms with Crippen LogP contribution in [0, 0.1) is 11.3 Å². The Kier molecular flexibility index (Phi) is 5.56. The summed E-state index contributed by atoms with van der Waals surface area (Å²) in [6.07, 6.45) is -0.996. The molecule has 6 heteroatoms. The van der Waals surface area contributed by atoms with Crippen LogP contribution < -0.4 is 10.1 Å². The van der Waals surface area contributed by atoms with E-state index < -0.39 is 18.0 Å². The summed E-state index contributed by atoms with van der Waals surface area (Å²) in [6.45, 7) is 1.50. The van der Waals surface area contributed by atoms with Gasteiger partial charge in [0.25, 0.3) is 5.91 Å². The van der Waals surface area contributed by atoms with E-state index in [9.17, 15) is 9.59 Å². The summed E-state index contributed by atoms with van der Waals surface area (Å²) in [5.41, 5.74) is 1.36. The molecule has 6 nitrogen and oxygen atoms in total. The minimum Gasteiger partial charge on any atom is -0.496 e. The van der Waals surface area contributed by atoms with E-state index in [0.29, 0.717) is 28.0 Å². The number of nitrogens with one attached hydrogen (secondary N) is 1. The third-order valence-electron chi connectivity index (χ3n) is 4.26. The Morgan fingerprint density at radius 3 is 2.32 bits per heavy atom. The summed E-state index contributed by atoms with van der Waals surface area (Å²) in [5, 5.41) is 12.9. The topological polar surface area (TPSA) is 88.4 Å². The van der Waals surface area contributed by atoms with Gasteiger partial charge in [-0.3, -0.25) is 4.79 Å². The lowest BCUT2D eigenvalue weighted by molar-refractivity contribution is -0.123. The molecule has 0 heterocycles. The number of nitriles is 1. The van der Waals surface area contributed by atoms with E-state index in [0.717, 1.165) is 5.39 Å². The van der Waals surface area contributed by atoms with Crippen molar-refractivity contribution in [2.45, 2.75) is 13.0 Å². The Balaban J connectivity index is 1.74. The molecule has 28 heavy (non-hydrogen) atoms. The van der Waals surface area contributed by atoms with E-state index in [1.807, 2.05) is 24.3 Å². The second-order valence-electron chi connectivity index (χ2n) is 6.09. The van der Waals surface area contributed by atoms with Gasteiger partial charge < -0.3 is 14.8 Å². The molecule has 3 rings (SSSR count). The van der Waals surface area contributed by atoms with E-state index in [2.05, 4.69) is 5.32 Å². The lowest BCUT2D eigenvalue weighted by Gasteiger charge is -2.15. The summed E-state index contributed by atoms with van der Waals surface area (Å²) in [7, 11) is 1.56. The average molecular weight is 374 g/mol. The molecule has 0 saturated heterocycles. The highest BCUT2D eigenvalue weighted by molar-refractivity contribution is 6.07. The Morgan fingerprint density at radius 1 is 1.00 bits per heavy atom. The quantitative estimate of drug-likeness (QED) is 0.684. The first-order chi connectivity index (χ1) is 13.5. The number of nitrogens with zero attached hydrogens (tertiary/aromatic N) is 1. The number of methoxy groups -OCH3 is 1. The second-order valence-corrected chi connectivity index (χ2v) is 6.09. The molecule has 0 saturated carbocycles. The van der Waals surface area contributed by atoms with Crippen LogP contribution in [0.3, 0.4) is 0 Å². The zero-order valence-corrected chi connectivity index (χ0v) is 15.4. The van der Waals surface area contributed by atoms with Crippen LogP contribution in [0.5, 0.6) is 5.75 Å². The van der Waals surface area contributed by atoms with Crippen molar-refractivity contribution in [1.82, 2.24) is 0 Å². The molecule has 0 unspecified atom stereocenters. The van der Waals surface area contributed by atoms with Gasteiger partial charge in [0, 0.05) is 11.1 Å². The molecule has 3 aromatic carbocycles. The standard InChI is InChI=1S/C22H18N2O4/c1-14(21(25)24-16-9-7-15(13-23)8-10-16)28-22(26)19-11-12-20(27-2)18-6-4-3-5-17(18)19/h3-12,14H,1-2H3,(H,24,25)/t14-/m0/s1. The number of hydrogen-bond donors (Lipinski definition) is 1. The Labute approximate surface area is 162 Å². The molecular formula is C22H18N2O4. The Bertz CT molecular complexity index is 1070. The average Bonchev–Trinajstić information content (AvgIpc) is 2.73. The highest BCUT2D eigenvalue weighted by atomic mass is 16.5. The fraction of sp³-hybridized carbons (Fsp3) is 0.136. The molecule has 1 N–H and O–H groups in total. The molecule has 0 fully saturated rings. The van der Waals surface area contributed by atoms with Crippen molar-refractivity contribution in [3.8, 4) is 11.8 Å². The van der Waals surface area contributed by atoms with Crippen molar-refractivity contribution in [2.75, 3.05) is 12.4 Å². The molecule has 0 aromatic heterocycles. The van der Waals surface area contributed by atoms with Crippen molar-refractivity contribution >= 4 is 28.3 Å². The minimum absolute atomic E-state index is 0.356. The molecule has 3 aromatic rings. The van der Waals surface area contributed by atoms with Crippen LogP contribution in [-0.4, -0.2) is 25.1 Å². The summed E-state index contributed by atoms with van der Waals surface area (Å²) in [6, 6.07) is 19.1. The summed E-state index contributed by atoms with van der Waals surface area (Å²) < 4.78 is 10.7. The van der Waals surface area contributed by atoms with Gasteiger partial charge in [0.2, 0.25) is 0 Å². The lowest BCUT2D eigenvalue weighted by Crippen LogP contribution is -2.30. The molecule has 0 aliphatic rings. The molecule has 0 radical (unpaired) electrons. The number of hydrogen-bond acceptors (Lipinski definition) is 5. The van der Waals surface area contributed by atoms with Gasteiger partial charge in [-0.2, -0.15) is 5.26 Å². The number of benzene rings is 3. The normalized spacial score (nSPS) is 11.3. The molecule has 1 atom stereocenters. The minimum atomic E-state index is -0.996. The molecule has 0 aliphatic heterocycles. The van der Waals surface area contributed by atoms with Crippen molar-refractivity contribution in [3.63, 3.8) is 0 Å². The predicted octanol–water partition coefficient (Wildman–Crippen LogP) is 3.90. The van der Waals surface area contributed by atoms with Crippen LogP contribution in [-0.2, 0) is 9.53 Å². The van der Waals surface area contributed by atoms with E-state index in [1.165, 1.54) is 6.92 Å². The number of amides is 1. The van der Waals surface area contributed by atoms with Gasteiger partial charge in [0.05, 0.1) is 24.3 Å². The monoisotopic (exact) mass is 374 g/mol. The largest absolute Gasteiger partial charge is 0.496 e. The lowest BCUT2D eigenvalue weighted by atomic mass is 10.0. The van der Waals surface area contributed by atoms with Crippen molar-refractivity contribution in [2.24, 2.45) is 0 Å². The molecule has 140 valence electrons. The Morgan fingerprint density at radius 2 is 1.68 bits per heavy atom. The zero-order valence-electron chi connectivity index (χ0n) is 15.4. The molecule has 1 amide bonds. The maximum atomic E-state index is 12.6. The first-order valence-corrected chi connectivity index (χ1v) is 8.61. The third-order valence-corrected chi connectivity index (χ3v) is 4.26. The smallest absolute Gasteiger partial charge is 0.339 e. The first kappa shape index (κ1) is 18.9. The summed E-state index contributed by atoms with van der Waals surface area (Å²) in [4.78, 5) is 25.0. The number of carbonyl (C=O) groups is 2. The second kappa shape index (κ2) is 8.23. The van der Waals surface area contributed by atoms with E-state index in [-0.39, 0.29) is 0 Å². The number of ether oxygens (including phenoxy) is 2. The van der Waals surface area contributed by atoms with Crippen LogP contribution in [0.4, 0.5) is 5.69 Å².